The van der Waals surface area contributed by atoms with Crippen molar-refractivity contribution in [2.45, 2.75) is 17.8 Å². The highest BCUT2D eigenvalue weighted by Crippen LogP contribution is 2.63. The molecule has 4 aromatic carbocycles. The first-order chi connectivity index (χ1) is 19.5. The smallest absolute Gasteiger partial charge is 0.244 e. The molecule has 1 saturated heterocycles. The zero-order valence-corrected chi connectivity index (χ0v) is 22.1. The number of para-hydroxylation sites is 1. The molecular weight excluding hydrogens is 522 g/mol. The van der Waals surface area contributed by atoms with Gasteiger partial charge in [-0.3, -0.25) is 14.4 Å². The van der Waals surface area contributed by atoms with Crippen LogP contribution in [-0.2, 0) is 26.2 Å². The van der Waals surface area contributed by atoms with Gasteiger partial charge >= 0.3 is 0 Å². The molecule has 3 amide bonds. The molecule has 1 aliphatic heterocycles. The maximum atomic E-state index is 14.4. The maximum absolute atomic E-state index is 14.4. The summed E-state index contributed by atoms with van der Waals surface area (Å²) in [5.41, 5.74) is 6.69. The van der Waals surface area contributed by atoms with Gasteiger partial charge < -0.3 is 0 Å². The second kappa shape index (κ2) is 9.28. The molecular formula is C33H24ClN3O3. The lowest BCUT2D eigenvalue weighted by Crippen LogP contribution is -2.54. The molecule has 0 spiro atoms. The highest BCUT2D eigenvalue weighted by atomic mass is 35.5. The Bertz CT molecular complexity index is 1670. The minimum atomic E-state index is -1.06. The van der Waals surface area contributed by atoms with Crippen LogP contribution in [0.25, 0.3) is 0 Å². The second-order valence-electron chi connectivity index (χ2n) is 10.4. The van der Waals surface area contributed by atoms with E-state index in [1.807, 2.05) is 78.9 Å². The van der Waals surface area contributed by atoms with Gasteiger partial charge in [0.15, 0.2) is 0 Å². The molecule has 6 nitrogen and oxygen atoms in total. The normalized spacial score (nSPS) is 24.1. The number of hydrogen-bond donors (Lipinski definition) is 1. The number of nitrogens with zero attached hydrogens (tertiary/aromatic N) is 2. The summed E-state index contributed by atoms with van der Waals surface area (Å²) in [5, 5.41) is 4.79. The predicted octanol–water partition coefficient (Wildman–Crippen LogP) is 5.24. The summed E-state index contributed by atoms with van der Waals surface area (Å²) < 4.78 is 0. The molecule has 1 N–H and O–H groups in total. The summed E-state index contributed by atoms with van der Waals surface area (Å²) in [6, 6.07) is 32.2. The lowest BCUT2D eigenvalue weighted by atomic mass is 9.47. The van der Waals surface area contributed by atoms with Crippen LogP contribution in [0.4, 0.5) is 5.69 Å². The molecule has 3 aliphatic carbocycles. The van der Waals surface area contributed by atoms with Crippen molar-refractivity contribution in [2.75, 3.05) is 4.90 Å². The Hall–Kier alpha value is -4.55. The van der Waals surface area contributed by atoms with Crippen LogP contribution in [-0.4, -0.2) is 23.9 Å². The number of halogens is 1. The molecule has 40 heavy (non-hydrogen) atoms. The van der Waals surface area contributed by atoms with Crippen molar-refractivity contribution in [3.05, 3.63) is 136 Å². The fourth-order valence-corrected chi connectivity index (χ4v) is 7.17. The number of nitrogens with one attached hydrogen (secondary N) is 1. The standard InChI is InChI=1S/C33H24ClN3O3/c34-25-16-8-9-17-26(25)37-31(39)29-28-21-12-4-6-14-23(21)33(30(29)32(37)40,24-15-7-5-13-22(24)28)19-35-36-27(38)18-20-10-2-1-3-11-20/h1-17,19,28-30H,18H2,(H,36,38)/b35-19-/t28?,29-,30-,33?/m1/s1. The van der Waals surface area contributed by atoms with E-state index in [0.29, 0.717) is 10.7 Å². The van der Waals surface area contributed by atoms with Crippen molar-refractivity contribution in [3.8, 4) is 0 Å². The van der Waals surface area contributed by atoms with Gasteiger partial charge in [0, 0.05) is 12.1 Å². The van der Waals surface area contributed by atoms with E-state index in [-0.39, 0.29) is 30.1 Å². The van der Waals surface area contributed by atoms with Crippen LogP contribution in [0.2, 0.25) is 5.02 Å². The van der Waals surface area contributed by atoms with Gasteiger partial charge in [-0.15, -0.1) is 0 Å². The van der Waals surface area contributed by atoms with Crippen molar-refractivity contribution in [1.29, 1.82) is 0 Å². The van der Waals surface area contributed by atoms with Gasteiger partial charge in [-0.1, -0.05) is 103 Å². The number of carbonyl (C=O) groups excluding carboxylic acids is 3. The van der Waals surface area contributed by atoms with E-state index >= 15 is 0 Å². The van der Waals surface area contributed by atoms with Crippen LogP contribution in [0.5, 0.6) is 0 Å². The number of carbonyl (C=O) groups is 3. The molecule has 0 radical (unpaired) electrons. The number of imide groups is 1. The number of hydrogen-bond acceptors (Lipinski definition) is 4. The van der Waals surface area contributed by atoms with Crippen LogP contribution >= 0.6 is 11.6 Å². The number of anilines is 1. The van der Waals surface area contributed by atoms with Crippen LogP contribution in [0, 0.1) is 11.8 Å². The van der Waals surface area contributed by atoms with Crippen LogP contribution in [0.1, 0.15) is 33.7 Å². The molecule has 8 rings (SSSR count). The van der Waals surface area contributed by atoms with Crippen molar-refractivity contribution in [3.63, 3.8) is 0 Å². The number of amides is 3. The minimum absolute atomic E-state index is 0.171. The second-order valence-corrected chi connectivity index (χ2v) is 10.9. The first-order valence-electron chi connectivity index (χ1n) is 13.2. The highest BCUT2D eigenvalue weighted by molar-refractivity contribution is 6.36. The van der Waals surface area contributed by atoms with Gasteiger partial charge in [-0.2, -0.15) is 5.10 Å². The summed E-state index contributed by atoms with van der Waals surface area (Å²) >= 11 is 6.50. The van der Waals surface area contributed by atoms with Crippen molar-refractivity contribution < 1.29 is 14.4 Å². The molecule has 0 aromatic heterocycles. The van der Waals surface area contributed by atoms with Gasteiger partial charge in [0.25, 0.3) is 0 Å². The van der Waals surface area contributed by atoms with Gasteiger partial charge in [0.2, 0.25) is 17.7 Å². The molecule has 4 aromatic rings. The quantitative estimate of drug-likeness (QED) is 0.212. The van der Waals surface area contributed by atoms with E-state index in [1.54, 1.807) is 30.5 Å². The summed E-state index contributed by atoms with van der Waals surface area (Å²) in [4.78, 5) is 42.6. The van der Waals surface area contributed by atoms with E-state index in [1.165, 1.54) is 4.90 Å². The predicted molar refractivity (Wildman–Crippen MR) is 153 cm³/mol. The number of rotatable bonds is 5. The summed E-state index contributed by atoms with van der Waals surface area (Å²) in [7, 11) is 0. The van der Waals surface area contributed by atoms with Gasteiger partial charge in [0.05, 0.1) is 34.4 Å². The maximum Gasteiger partial charge on any atom is 0.244 e. The molecule has 2 atom stereocenters. The van der Waals surface area contributed by atoms with Crippen LogP contribution in [0.15, 0.2) is 108 Å². The molecule has 7 heteroatoms. The lowest BCUT2D eigenvalue weighted by Gasteiger charge is -2.52. The third-order valence-electron chi connectivity index (χ3n) is 8.44. The average molecular weight is 546 g/mol. The van der Waals surface area contributed by atoms with Crippen LogP contribution < -0.4 is 10.3 Å². The van der Waals surface area contributed by atoms with E-state index in [0.717, 1.165) is 27.8 Å². The van der Waals surface area contributed by atoms with Crippen molar-refractivity contribution >= 4 is 41.2 Å². The third kappa shape index (κ3) is 3.42. The van der Waals surface area contributed by atoms with E-state index < -0.39 is 17.3 Å². The van der Waals surface area contributed by atoms with Crippen molar-refractivity contribution in [2.24, 2.45) is 16.9 Å². The molecule has 196 valence electrons. The Morgan fingerprint density at radius 3 is 2.10 bits per heavy atom. The monoisotopic (exact) mass is 545 g/mol. The molecule has 1 fully saturated rings. The Morgan fingerprint density at radius 2 is 1.43 bits per heavy atom. The molecule has 0 unspecified atom stereocenters. The molecule has 1 heterocycles. The summed E-state index contributed by atoms with van der Waals surface area (Å²) in [6.45, 7) is 0. The summed E-state index contributed by atoms with van der Waals surface area (Å²) in [5.74, 6) is -2.54. The Morgan fingerprint density at radius 1 is 0.825 bits per heavy atom. The largest absolute Gasteiger partial charge is 0.274 e. The first kappa shape index (κ1) is 24.5. The zero-order chi connectivity index (χ0) is 27.4. The van der Waals surface area contributed by atoms with E-state index in [4.69, 9.17) is 11.6 Å². The molecule has 2 bridgehead atoms. The van der Waals surface area contributed by atoms with Crippen LogP contribution in [0.3, 0.4) is 0 Å². The van der Waals surface area contributed by atoms with E-state index in [9.17, 15) is 14.4 Å². The van der Waals surface area contributed by atoms with Crippen molar-refractivity contribution in [1.82, 2.24) is 5.43 Å². The van der Waals surface area contributed by atoms with E-state index in [2.05, 4.69) is 10.5 Å². The fraction of sp³-hybridized carbons (Fsp3) is 0.152. The number of benzene rings is 4. The number of hydrazone groups is 1. The lowest BCUT2D eigenvalue weighted by molar-refractivity contribution is -0.123. The minimum Gasteiger partial charge on any atom is -0.274 e. The topological polar surface area (TPSA) is 78.8 Å². The Balaban J connectivity index is 1.37. The third-order valence-corrected chi connectivity index (χ3v) is 8.76. The fourth-order valence-electron chi connectivity index (χ4n) is 6.95. The van der Waals surface area contributed by atoms with Gasteiger partial charge in [0.1, 0.15) is 0 Å². The Kier molecular flexibility index (Phi) is 5.68. The average Bonchev–Trinajstić information content (AvgIpc) is 3.24. The first-order valence-corrected chi connectivity index (χ1v) is 13.6. The SMILES string of the molecule is O=C(Cc1ccccc1)N/N=C\C12c3ccccc3C(c3ccccc31)[C@H]1C(=O)N(c3ccccc3Cl)C(=O)[C@@H]12. The molecule has 4 aliphatic rings. The molecule has 0 saturated carbocycles. The highest BCUT2D eigenvalue weighted by Gasteiger charge is 2.68. The van der Waals surface area contributed by atoms with Gasteiger partial charge in [-0.25, -0.2) is 10.3 Å². The van der Waals surface area contributed by atoms with Gasteiger partial charge in [-0.05, 0) is 39.9 Å². The Labute approximate surface area is 236 Å². The zero-order valence-electron chi connectivity index (χ0n) is 21.3. The summed E-state index contributed by atoms with van der Waals surface area (Å²) in [6.07, 6.45) is 1.84.